The standard InChI is InChI=1S/C16H17BrF2N2/c1-20-16(10-4-6-11(7-5-10)21(2)3)14-13(18)9-8-12(17)15(14)19/h4-9,16,20H,1-3H3. The van der Waals surface area contributed by atoms with Crippen molar-refractivity contribution in [3.05, 3.63) is 63.6 Å². The lowest BCUT2D eigenvalue weighted by molar-refractivity contribution is 0.518. The van der Waals surface area contributed by atoms with Crippen LogP contribution in [0.4, 0.5) is 14.5 Å². The van der Waals surface area contributed by atoms with Gasteiger partial charge in [0.1, 0.15) is 11.6 Å². The summed E-state index contributed by atoms with van der Waals surface area (Å²) >= 11 is 3.10. The summed E-state index contributed by atoms with van der Waals surface area (Å²) in [4.78, 5) is 1.97. The molecule has 0 radical (unpaired) electrons. The van der Waals surface area contributed by atoms with Gasteiger partial charge in [-0.1, -0.05) is 12.1 Å². The van der Waals surface area contributed by atoms with Gasteiger partial charge in [-0.25, -0.2) is 8.78 Å². The molecule has 1 atom stereocenters. The molecule has 0 amide bonds. The Balaban J connectivity index is 2.47. The molecule has 2 nitrogen and oxygen atoms in total. The lowest BCUT2D eigenvalue weighted by atomic mass is 9.97. The van der Waals surface area contributed by atoms with Crippen molar-refractivity contribution in [1.29, 1.82) is 0 Å². The fourth-order valence-corrected chi connectivity index (χ4v) is 2.60. The van der Waals surface area contributed by atoms with Crippen LogP contribution in [0, 0.1) is 11.6 Å². The van der Waals surface area contributed by atoms with Crippen LogP contribution in [0.5, 0.6) is 0 Å². The van der Waals surface area contributed by atoms with E-state index >= 15 is 0 Å². The molecule has 1 unspecified atom stereocenters. The normalized spacial score (nSPS) is 12.3. The predicted molar refractivity (Wildman–Crippen MR) is 85.7 cm³/mol. The first kappa shape index (κ1) is 15.9. The second-order valence-electron chi connectivity index (χ2n) is 4.96. The van der Waals surface area contributed by atoms with E-state index in [0.29, 0.717) is 0 Å². The maximum atomic E-state index is 14.3. The molecule has 21 heavy (non-hydrogen) atoms. The average molecular weight is 355 g/mol. The van der Waals surface area contributed by atoms with Gasteiger partial charge in [0, 0.05) is 25.3 Å². The molecule has 2 aromatic rings. The van der Waals surface area contributed by atoms with Crippen LogP contribution >= 0.6 is 15.9 Å². The zero-order valence-electron chi connectivity index (χ0n) is 12.1. The summed E-state index contributed by atoms with van der Waals surface area (Å²) in [7, 11) is 5.57. The van der Waals surface area contributed by atoms with Gasteiger partial charge in [-0.05, 0) is 52.8 Å². The van der Waals surface area contributed by atoms with Crippen molar-refractivity contribution >= 4 is 21.6 Å². The van der Waals surface area contributed by atoms with Gasteiger partial charge in [-0.15, -0.1) is 0 Å². The highest BCUT2D eigenvalue weighted by molar-refractivity contribution is 9.10. The van der Waals surface area contributed by atoms with Gasteiger partial charge in [0.25, 0.3) is 0 Å². The molecule has 0 fully saturated rings. The lowest BCUT2D eigenvalue weighted by Gasteiger charge is -2.20. The molecule has 0 bridgehead atoms. The number of rotatable bonds is 4. The minimum atomic E-state index is -0.578. The third-order valence-corrected chi connectivity index (χ3v) is 4.01. The average Bonchev–Trinajstić information content (AvgIpc) is 2.48. The molecule has 0 aromatic heterocycles. The van der Waals surface area contributed by atoms with Gasteiger partial charge in [0.05, 0.1) is 10.5 Å². The summed E-state index contributed by atoms with van der Waals surface area (Å²) in [5, 5.41) is 2.98. The Morgan fingerprint density at radius 2 is 1.67 bits per heavy atom. The SMILES string of the molecule is CNC(c1ccc(N(C)C)cc1)c1c(F)ccc(Br)c1F. The number of benzene rings is 2. The zero-order chi connectivity index (χ0) is 15.6. The Labute approximate surface area is 131 Å². The molecular weight excluding hydrogens is 338 g/mol. The van der Waals surface area contributed by atoms with Gasteiger partial charge in [-0.3, -0.25) is 0 Å². The van der Waals surface area contributed by atoms with E-state index in [1.165, 1.54) is 12.1 Å². The summed E-state index contributed by atoms with van der Waals surface area (Å²) in [6.07, 6.45) is 0. The first-order valence-corrected chi connectivity index (χ1v) is 7.33. The maximum Gasteiger partial charge on any atom is 0.145 e. The fraction of sp³-hybridized carbons (Fsp3) is 0.250. The molecule has 2 aromatic carbocycles. The highest BCUT2D eigenvalue weighted by atomic mass is 79.9. The van der Waals surface area contributed by atoms with Crippen molar-refractivity contribution in [1.82, 2.24) is 5.32 Å². The molecule has 2 rings (SSSR count). The van der Waals surface area contributed by atoms with Crippen molar-refractivity contribution in [3.8, 4) is 0 Å². The lowest BCUT2D eigenvalue weighted by Crippen LogP contribution is -2.21. The molecule has 5 heteroatoms. The predicted octanol–water partition coefficient (Wildman–Crippen LogP) is 4.10. The third kappa shape index (κ3) is 3.24. The van der Waals surface area contributed by atoms with E-state index in [1.54, 1.807) is 7.05 Å². The molecule has 112 valence electrons. The van der Waals surface area contributed by atoms with Crippen LogP contribution in [-0.4, -0.2) is 21.1 Å². The van der Waals surface area contributed by atoms with E-state index in [1.807, 2.05) is 43.3 Å². The van der Waals surface area contributed by atoms with Crippen molar-refractivity contribution in [2.45, 2.75) is 6.04 Å². The summed E-state index contributed by atoms with van der Waals surface area (Å²) in [6.45, 7) is 0. The number of hydrogen-bond acceptors (Lipinski definition) is 2. The number of nitrogens with one attached hydrogen (secondary N) is 1. The van der Waals surface area contributed by atoms with Crippen LogP contribution in [0.15, 0.2) is 40.9 Å². The summed E-state index contributed by atoms with van der Waals surface area (Å²) < 4.78 is 28.6. The van der Waals surface area contributed by atoms with Crippen LogP contribution in [0.2, 0.25) is 0 Å². The van der Waals surface area contributed by atoms with Gasteiger partial charge < -0.3 is 10.2 Å². The quantitative estimate of drug-likeness (QED) is 0.831. The zero-order valence-corrected chi connectivity index (χ0v) is 13.7. The third-order valence-electron chi connectivity index (χ3n) is 3.40. The topological polar surface area (TPSA) is 15.3 Å². The molecule has 0 aliphatic carbocycles. The fourth-order valence-electron chi connectivity index (χ4n) is 2.25. The Morgan fingerprint density at radius 3 is 2.19 bits per heavy atom. The Morgan fingerprint density at radius 1 is 1.05 bits per heavy atom. The van der Waals surface area contributed by atoms with Crippen LogP contribution in [-0.2, 0) is 0 Å². The van der Waals surface area contributed by atoms with Gasteiger partial charge >= 0.3 is 0 Å². The van der Waals surface area contributed by atoms with E-state index in [9.17, 15) is 8.78 Å². The minimum Gasteiger partial charge on any atom is -0.378 e. The first-order valence-electron chi connectivity index (χ1n) is 6.53. The van der Waals surface area contributed by atoms with E-state index in [0.717, 1.165) is 11.3 Å². The highest BCUT2D eigenvalue weighted by Gasteiger charge is 2.22. The molecule has 0 heterocycles. The summed E-state index contributed by atoms with van der Waals surface area (Å²) in [6, 6.07) is 9.68. The van der Waals surface area contributed by atoms with E-state index in [2.05, 4.69) is 21.2 Å². The molecule has 0 aliphatic heterocycles. The van der Waals surface area contributed by atoms with E-state index in [-0.39, 0.29) is 10.0 Å². The summed E-state index contributed by atoms with van der Waals surface area (Å²) in [5.74, 6) is -1.14. The molecule has 0 spiro atoms. The van der Waals surface area contributed by atoms with Gasteiger partial charge in [0.15, 0.2) is 0 Å². The van der Waals surface area contributed by atoms with Crippen LogP contribution in [0.3, 0.4) is 0 Å². The Bertz CT molecular complexity index is 627. The maximum absolute atomic E-state index is 14.3. The number of hydrogen-bond donors (Lipinski definition) is 1. The Kier molecular flexibility index (Phi) is 4.96. The number of nitrogens with zero attached hydrogens (tertiary/aromatic N) is 1. The molecule has 0 aliphatic rings. The van der Waals surface area contributed by atoms with Crippen LogP contribution in [0.25, 0.3) is 0 Å². The smallest absolute Gasteiger partial charge is 0.145 e. The van der Waals surface area contributed by atoms with Crippen LogP contribution in [0.1, 0.15) is 17.2 Å². The second kappa shape index (κ2) is 6.54. The largest absolute Gasteiger partial charge is 0.378 e. The van der Waals surface area contributed by atoms with Crippen molar-refractivity contribution in [2.24, 2.45) is 0 Å². The first-order chi connectivity index (χ1) is 9.95. The molecule has 0 saturated heterocycles. The van der Waals surface area contributed by atoms with Crippen molar-refractivity contribution < 1.29 is 8.78 Å². The van der Waals surface area contributed by atoms with Crippen molar-refractivity contribution in [3.63, 3.8) is 0 Å². The van der Waals surface area contributed by atoms with Gasteiger partial charge in [-0.2, -0.15) is 0 Å². The number of halogens is 3. The molecule has 0 saturated carbocycles. The van der Waals surface area contributed by atoms with Gasteiger partial charge in [0.2, 0.25) is 0 Å². The Hall–Kier alpha value is -1.46. The van der Waals surface area contributed by atoms with Crippen LogP contribution < -0.4 is 10.2 Å². The summed E-state index contributed by atoms with van der Waals surface area (Å²) in [5.41, 5.74) is 1.85. The minimum absolute atomic E-state index is 0.0180. The van der Waals surface area contributed by atoms with E-state index < -0.39 is 17.7 Å². The monoisotopic (exact) mass is 354 g/mol. The highest BCUT2D eigenvalue weighted by Crippen LogP contribution is 2.31. The molecule has 1 N–H and O–H groups in total. The number of anilines is 1. The molecular formula is C16H17BrF2N2. The van der Waals surface area contributed by atoms with E-state index in [4.69, 9.17) is 0 Å². The second-order valence-corrected chi connectivity index (χ2v) is 5.82. The van der Waals surface area contributed by atoms with Crippen molar-refractivity contribution in [2.75, 3.05) is 26.0 Å².